The van der Waals surface area contributed by atoms with E-state index in [1.165, 1.54) is 23.2 Å². The highest BCUT2D eigenvalue weighted by Gasteiger charge is 2.19. The summed E-state index contributed by atoms with van der Waals surface area (Å²) in [5.74, 6) is 0.535. The maximum Gasteiger partial charge on any atom is 0.154 e. The van der Waals surface area contributed by atoms with E-state index in [0.717, 1.165) is 12.1 Å². The minimum atomic E-state index is -2.80. The van der Waals surface area contributed by atoms with Crippen molar-refractivity contribution in [3.63, 3.8) is 0 Å². The van der Waals surface area contributed by atoms with E-state index in [4.69, 9.17) is 0 Å². The molecule has 0 bridgehead atoms. The van der Waals surface area contributed by atoms with Gasteiger partial charge in [-0.3, -0.25) is 0 Å². The zero-order valence-corrected chi connectivity index (χ0v) is 12.7. The molecule has 0 unspecified atom stereocenters. The van der Waals surface area contributed by atoms with Crippen LogP contribution in [0.2, 0.25) is 0 Å². The molecule has 4 rings (SSSR count). The number of aryl methyl sites for hydroxylation is 1. The molecule has 3 nitrogen and oxygen atoms in total. The number of hydrogen-bond donors (Lipinski definition) is 1. The molecule has 4 heteroatoms. The number of benzene rings is 2. The Bertz CT molecular complexity index is 715. The van der Waals surface area contributed by atoms with Gasteiger partial charge in [-0.05, 0) is 35.6 Å². The Hall–Kier alpha value is -1.81. The van der Waals surface area contributed by atoms with E-state index in [9.17, 15) is 8.42 Å². The third-order valence-electron chi connectivity index (χ3n) is 3.90. The van der Waals surface area contributed by atoms with Gasteiger partial charge in [0.2, 0.25) is 0 Å². The lowest BCUT2D eigenvalue weighted by molar-refractivity contribution is 0.591. The van der Waals surface area contributed by atoms with Gasteiger partial charge in [-0.1, -0.05) is 42.5 Å². The number of fused-ring (bicyclic) bond motifs is 2. The SMILES string of the molecule is O=S1(=O)CCc2ccccc2C1.c1ccc2c(c1)CCN2. The topological polar surface area (TPSA) is 46.2 Å². The van der Waals surface area contributed by atoms with Crippen molar-refractivity contribution >= 4 is 15.5 Å². The number of para-hydroxylation sites is 1. The van der Waals surface area contributed by atoms with Crippen molar-refractivity contribution in [1.82, 2.24) is 0 Å². The Kier molecular flexibility index (Phi) is 3.97. The molecule has 0 spiro atoms. The molecule has 2 aromatic rings. The highest BCUT2D eigenvalue weighted by atomic mass is 32.2. The summed E-state index contributed by atoms with van der Waals surface area (Å²) in [4.78, 5) is 0. The van der Waals surface area contributed by atoms with E-state index >= 15 is 0 Å². The number of nitrogens with one attached hydrogen (secondary N) is 1. The van der Waals surface area contributed by atoms with Crippen LogP contribution in [0.3, 0.4) is 0 Å². The predicted molar refractivity (Wildman–Crippen MR) is 86.3 cm³/mol. The molecular formula is C17H19NO2S. The van der Waals surface area contributed by atoms with Crippen LogP contribution in [0.1, 0.15) is 16.7 Å². The third-order valence-corrected chi connectivity index (χ3v) is 5.48. The van der Waals surface area contributed by atoms with Crippen molar-refractivity contribution in [1.29, 1.82) is 0 Å². The molecule has 0 saturated heterocycles. The Morgan fingerprint density at radius 1 is 0.810 bits per heavy atom. The van der Waals surface area contributed by atoms with Gasteiger partial charge in [0.25, 0.3) is 0 Å². The monoisotopic (exact) mass is 301 g/mol. The fraction of sp³-hybridized carbons (Fsp3) is 0.294. The van der Waals surface area contributed by atoms with Gasteiger partial charge in [-0.2, -0.15) is 0 Å². The Morgan fingerprint density at radius 3 is 2.24 bits per heavy atom. The van der Waals surface area contributed by atoms with Crippen LogP contribution in [0.4, 0.5) is 5.69 Å². The Morgan fingerprint density at radius 2 is 1.48 bits per heavy atom. The fourth-order valence-electron chi connectivity index (χ4n) is 2.76. The highest BCUT2D eigenvalue weighted by Crippen LogP contribution is 2.20. The van der Waals surface area contributed by atoms with Crippen molar-refractivity contribution in [3.05, 3.63) is 65.2 Å². The van der Waals surface area contributed by atoms with Crippen LogP contribution in [0.5, 0.6) is 0 Å². The van der Waals surface area contributed by atoms with Crippen molar-refractivity contribution in [3.8, 4) is 0 Å². The van der Waals surface area contributed by atoms with Gasteiger partial charge in [-0.25, -0.2) is 8.42 Å². The molecule has 1 N–H and O–H groups in total. The maximum absolute atomic E-state index is 11.2. The Balaban J connectivity index is 0.000000131. The minimum absolute atomic E-state index is 0.225. The molecule has 2 aliphatic heterocycles. The number of anilines is 1. The van der Waals surface area contributed by atoms with E-state index in [1.54, 1.807) is 0 Å². The molecule has 0 fully saturated rings. The van der Waals surface area contributed by atoms with E-state index in [0.29, 0.717) is 12.2 Å². The van der Waals surface area contributed by atoms with Gasteiger partial charge in [0.15, 0.2) is 9.84 Å². The van der Waals surface area contributed by atoms with E-state index in [2.05, 4.69) is 29.6 Å². The Labute approximate surface area is 125 Å². The molecule has 110 valence electrons. The fourth-order valence-corrected chi connectivity index (χ4v) is 4.19. The molecule has 21 heavy (non-hydrogen) atoms. The summed E-state index contributed by atoms with van der Waals surface area (Å²) in [6, 6.07) is 16.2. The summed E-state index contributed by atoms with van der Waals surface area (Å²) in [7, 11) is -2.80. The zero-order chi connectivity index (χ0) is 14.7. The quantitative estimate of drug-likeness (QED) is 0.814. The van der Waals surface area contributed by atoms with Crippen molar-refractivity contribution in [2.24, 2.45) is 0 Å². The van der Waals surface area contributed by atoms with Crippen molar-refractivity contribution in [2.75, 3.05) is 17.6 Å². The first kappa shape index (κ1) is 14.1. The first-order valence-electron chi connectivity index (χ1n) is 7.23. The average Bonchev–Trinajstić information content (AvgIpc) is 2.95. The first-order valence-corrected chi connectivity index (χ1v) is 9.05. The second-order valence-corrected chi connectivity index (χ2v) is 7.63. The molecular weight excluding hydrogens is 282 g/mol. The van der Waals surface area contributed by atoms with Gasteiger partial charge >= 0.3 is 0 Å². The normalized spacial score (nSPS) is 17.7. The molecule has 0 aromatic heterocycles. The third kappa shape index (κ3) is 3.45. The van der Waals surface area contributed by atoms with Gasteiger partial charge in [0.1, 0.15) is 0 Å². The first-order chi connectivity index (χ1) is 10.1. The molecule has 0 amide bonds. The molecule has 0 aliphatic carbocycles. The van der Waals surface area contributed by atoms with Crippen LogP contribution in [0.15, 0.2) is 48.5 Å². The van der Waals surface area contributed by atoms with Crippen LogP contribution in [0, 0.1) is 0 Å². The van der Waals surface area contributed by atoms with E-state index < -0.39 is 9.84 Å². The smallest absolute Gasteiger partial charge is 0.154 e. The summed E-state index contributed by atoms with van der Waals surface area (Å²) in [6.07, 6.45) is 1.87. The van der Waals surface area contributed by atoms with Crippen LogP contribution >= 0.6 is 0 Å². The largest absolute Gasteiger partial charge is 0.384 e. The van der Waals surface area contributed by atoms with Gasteiger partial charge in [-0.15, -0.1) is 0 Å². The van der Waals surface area contributed by atoms with Crippen LogP contribution in [-0.4, -0.2) is 20.7 Å². The van der Waals surface area contributed by atoms with E-state index in [1.807, 2.05) is 24.3 Å². The van der Waals surface area contributed by atoms with Crippen molar-refractivity contribution in [2.45, 2.75) is 18.6 Å². The zero-order valence-electron chi connectivity index (χ0n) is 11.9. The molecule has 2 aliphatic rings. The average molecular weight is 301 g/mol. The molecule has 2 aromatic carbocycles. The highest BCUT2D eigenvalue weighted by molar-refractivity contribution is 7.90. The second-order valence-electron chi connectivity index (χ2n) is 5.44. The van der Waals surface area contributed by atoms with E-state index in [-0.39, 0.29) is 5.75 Å². The van der Waals surface area contributed by atoms with Gasteiger partial charge in [0.05, 0.1) is 11.5 Å². The maximum atomic E-state index is 11.2. The van der Waals surface area contributed by atoms with Crippen LogP contribution in [-0.2, 0) is 28.4 Å². The lowest BCUT2D eigenvalue weighted by Gasteiger charge is -2.15. The second kappa shape index (κ2) is 5.90. The lowest BCUT2D eigenvalue weighted by atomic mass is 10.1. The molecule has 0 saturated carbocycles. The number of hydrogen-bond acceptors (Lipinski definition) is 3. The van der Waals surface area contributed by atoms with Gasteiger partial charge in [0, 0.05) is 12.2 Å². The standard InChI is InChI=1S/C9H10O2S.C8H9N/c10-12(11)6-5-8-3-1-2-4-9(8)7-12;1-2-4-8-7(3-1)5-6-9-8/h1-4H,5-7H2;1-4,9H,5-6H2. The summed E-state index contributed by atoms with van der Waals surface area (Å²) in [5.41, 5.74) is 4.94. The molecule has 0 radical (unpaired) electrons. The van der Waals surface area contributed by atoms with Gasteiger partial charge < -0.3 is 5.32 Å². The predicted octanol–water partition coefficient (Wildman–Crippen LogP) is 2.81. The minimum Gasteiger partial charge on any atom is -0.384 e. The van der Waals surface area contributed by atoms with Crippen LogP contribution < -0.4 is 5.32 Å². The summed E-state index contributed by atoms with van der Waals surface area (Å²) >= 11 is 0. The van der Waals surface area contributed by atoms with Crippen LogP contribution in [0.25, 0.3) is 0 Å². The summed E-state index contributed by atoms with van der Waals surface area (Å²) in [5, 5.41) is 3.30. The molecule has 0 atom stereocenters. The lowest BCUT2D eigenvalue weighted by Crippen LogP contribution is -2.18. The van der Waals surface area contributed by atoms with Crippen molar-refractivity contribution < 1.29 is 8.42 Å². The number of sulfone groups is 1. The summed E-state index contributed by atoms with van der Waals surface area (Å²) in [6.45, 7) is 1.11. The molecule has 2 heterocycles. The number of rotatable bonds is 0. The summed E-state index contributed by atoms with van der Waals surface area (Å²) < 4.78 is 22.4.